The summed E-state index contributed by atoms with van der Waals surface area (Å²) in [6, 6.07) is 9.21. The van der Waals surface area contributed by atoms with Gasteiger partial charge in [-0.25, -0.2) is 8.78 Å². The lowest BCUT2D eigenvalue weighted by atomic mass is 10.2. The Morgan fingerprint density at radius 1 is 1.23 bits per heavy atom. The van der Waals surface area contributed by atoms with Crippen molar-refractivity contribution in [2.45, 2.75) is 0 Å². The van der Waals surface area contributed by atoms with E-state index in [4.69, 9.17) is 28.0 Å². The lowest BCUT2D eigenvalue weighted by molar-refractivity contribution is 0.102. The minimum absolute atomic E-state index is 0.231. The van der Waals surface area contributed by atoms with Crippen LogP contribution in [0.15, 0.2) is 41.5 Å². The van der Waals surface area contributed by atoms with E-state index < -0.39 is 23.4 Å². The van der Waals surface area contributed by atoms with Crippen molar-refractivity contribution in [3.05, 3.63) is 58.6 Å². The van der Waals surface area contributed by atoms with Crippen molar-refractivity contribution < 1.29 is 13.6 Å². The summed E-state index contributed by atoms with van der Waals surface area (Å²) in [5.74, 6) is -3.60. The molecule has 0 heterocycles. The molecule has 5 N–H and O–H groups in total. The van der Waals surface area contributed by atoms with Gasteiger partial charge in [0.2, 0.25) is 5.71 Å². The van der Waals surface area contributed by atoms with E-state index in [1.807, 2.05) is 0 Å². The smallest absolute Gasteiger partial charge is 0.257 e. The molecule has 2 rings (SSSR count). The maximum atomic E-state index is 13.3. The van der Waals surface area contributed by atoms with Crippen molar-refractivity contribution in [2.24, 2.45) is 10.8 Å². The SMILES string of the molecule is N#C/C(=N\Nc1cccc(NC(=O)c2cc(F)c(F)cc2Cl)c1)C(=N)N. The highest BCUT2D eigenvalue weighted by atomic mass is 35.5. The molecule has 0 spiro atoms. The monoisotopic (exact) mass is 376 g/mol. The Balaban J connectivity index is 2.19. The van der Waals surface area contributed by atoms with Gasteiger partial charge >= 0.3 is 0 Å². The van der Waals surface area contributed by atoms with Gasteiger partial charge in [-0.1, -0.05) is 17.7 Å². The van der Waals surface area contributed by atoms with E-state index in [2.05, 4.69) is 15.8 Å². The Hall–Kier alpha value is -3.51. The second kappa shape index (κ2) is 8.04. The molecule has 0 aliphatic heterocycles. The third-order valence-electron chi connectivity index (χ3n) is 3.03. The Labute approximate surface area is 151 Å². The molecule has 0 saturated heterocycles. The number of rotatable bonds is 5. The molecule has 0 aliphatic carbocycles. The van der Waals surface area contributed by atoms with Crippen LogP contribution in [0.2, 0.25) is 5.02 Å². The zero-order chi connectivity index (χ0) is 19.3. The van der Waals surface area contributed by atoms with Gasteiger partial charge in [-0.3, -0.25) is 15.6 Å². The summed E-state index contributed by atoms with van der Waals surface area (Å²) in [4.78, 5) is 12.2. The van der Waals surface area contributed by atoms with Crippen LogP contribution in [0.5, 0.6) is 0 Å². The van der Waals surface area contributed by atoms with Crippen molar-refractivity contribution in [3.8, 4) is 6.07 Å². The number of nitrogens with two attached hydrogens (primary N) is 1. The minimum atomic E-state index is -1.20. The maximum Gasteiger partial charge on any atom is 0.257 e. The molecule has 132 valence electrons. The summed E-state index contributed by atoms with van der Waals surface area (Å²) in [6.07, 6.45) is 0. The van der Waals surface area contributed by atoms with Crippen LogP contribution >= 0.6 is 11.6 Å². The number of anilines is 2. The Kier molecular flexibility index (Phi) is 5.82. The molecule has 0 radical (unpaired) electrons. The number of amidine groups is 1. The molecule has 0 aliphatic rings. The second-order valence-corrected chi connectivity index (χ2v) is 5.29. The summed E-state index contributed by atoms with van der Waals surface area (Å²) in [7, 11) is 0. The van der Waals surface area contributed by atoms with Crippen LogP contribution in [-0.4, -0.2) is 17.5 Å². The predicted octanol–water partition coefficient (Wildman–Crippen LogP) is 3.10. The van der Waals surface area contributed by atoms with Crippen LogP contribution < -0.4 is 16.5 Å². The van der Waals surface area contributed by atoms with Crippen molar-refractivity contribution >= 4 is 40.4 Å². The summed E-state index contributed by atoms with van der Waals surface area (Å²) in [6.45, 7) is 0. The first kappa shape index (κ1) is 18.8. The molecule has 0 fully saturated rings. The van der Waals surface area contributed by atoms with Gasteiger partial charge in [0.15, 0.2) is 17.5 Å². The van der Waals surface area contributed by atoms with Gasteiger partial charge in [0.25, 0.3) is 5.91 Å². The van der Waals surface area contributed by atoms with Crippen molar-refractivity contribution in [2.75, 3.05) is 10.7 Å². The molecule has 0 aromatic heterocycles. The molecule has 0 saturated carbocycles. The molecule has 2 aromatic rings. The average Bonchev–Trinajstić information content (AvgIpc) is 2.58. The van der Waals surface area contributed by atoms with Gasteiger partial charge in [-0.05, 0) is 30.3 Å². The summed E-state index contributed by atoms with van der Waals surface area (Å²) < 4.78 is 26.4. The number of amides is 1. The highest BCUT2D eigenvalue weighted by molar-refractivity contribution is 6.45. The van der Waals surface area contributed by atoms with Crippen LogP contribution in [-0.2, 0) is 0 Å². The number of carbonyl (C=O) groups excluding carboxylic acids is 1. The molecule has 0 bridgehead atoms. The van der Waals surface area contributed by atoms with Gasteiger partial charge < -0.3 is 11.1 Å². The van der Waals surface area contributed by atoms with Gasteiger partial charge in [0.1, 0.15) is 6.07 Å². The second-order valence-electron chi connectivity index (χ2n) is 4.88. The summed E-state index contributed by atoms with van der Waals surface area (Å²) in [5, 5.41) is 21.8. The van der Waals surface area contributed by atoms with Crippen LogP contribution in [0.4, 0.5) is 20.2 Å². The fourth-order valence-electron chi connectivity index (χ4n) is 1.83. The van der Waals surface area contributed by atoms with E-state index in [0.717, 1.165) is 0 Å². The standard InChI is InChI=1S/C16H11ClF2N6O/c17-11-6-13(19)12(18)5-10(11)16(26)23-8-2-1-3-9(4-8)24-25-14(7-20)15(21)22/h1-6,24H,(H3,21,22)(H,23,26)/b25-14+. The number of nitrogens with zero attached hydrogens (tertiary/aromatic N) is 2. The number of halogens is 3. The molecule has 10 heteroatoms. The molecule has 1 amide bonds. The number of carbonyl (C=O) groups is 1. The number of hydrazone groups is 1. The number of benzene rings is 2. The topological polar surface area (TPSA) is 127 Å². The number of hydrogen-bond acceptors (Lipinski definition) is 5. The van der Waals surface area contributed by atoms with Crippen molar-refractivity contribution in [1.82, 2.24) is 0 Å². The molecule has 2 aromatic carbocycles. The van der Waals surface area contributed by atoms with Gasteiger partial charge in [-0.15, -0.1) is 0 Å². The first-order valence-corrected chi connectivity index (χ1v) is 7.33. The largest absolute Gasteiger partial charge is 0.382 e. The van der Waals surface area contributed by atoms with E-state index in [9.17, 15) is 13.6 Å². The maximum absolute atomic E-state index is 13.3. The highest BCUT2D eigenvalue weighted by Gasteiger charge is 2.15. The van der Waals surface area contributed by atoms with Crippen LogP contribution in [0, 0.1) is 28.4 Å². The molecule has 26 heavy (non-hydrogen) atoms. The Morgan fingerprint density at radius 3 is 2.54 bits per heavy atom. The summed E-state index contributed by atoms with van der Waals surface area (Å²) in [5.41, 5.74) is 7.83. The molecular formula is C16H11ClF2N6O. The molecular weight excluding hydrogens is 366 g/mol. The third kappa shape index (κ3) is 4.52. The minimum Gasteiger partial charge on any atom is -0.382 e. The average molecular weight is 377 g/mol. The fourth-order valence-corrected chi connectivity index (χ4v) is 2.06. The van der Waals surface area contributed by atoms with Gasteiger partial charge in [-0.2, -0.15) is 10.4 Å². The van der Waals surface area contributed by atoms with Crippen LogP contribution in [0.25, 0.3) is 0 Å². The van der Waals surface area contributed by atoms with E-state index in [0.29, 0.717) is 23.5 Å². The number of hydrogen-bond donors (Lipinski definition) is 4. The van der Waals surface area contributed by atoms with Gasteiger partial charge in [0, 0.05) is 5.69 Å². The van der Waals surface area contributed by atoms with E-state index in [1.54, 1.807) is 18.2 Å². The van der Waals surface area contributed by atoms with E-state index in [-0.39, 0.29) is 16.3 Å². The van der Waals surface area contributed by atoms with E-state index in [1.165, 1.54) is 12.1 Å². The van der Waals surface area contributed by atoms with Crippen molar-refractivity contribution in [1.29, 1.82) is 10.7 Å². The Morgan fingerprint density at radius 2 is 1.88 bits per heavy atom. The normalized spacial score (nSPS) is 10.8. The Bertz CT molecular complexity index is 954. The number of nitriles is 1. The molecule has 0 unspecified atom stereocenters. The quantitative estimate of drug-likeness (QED) is 0.276. The zero-order valence-corrected chi connectivity index (χ0v) is 13.7. The zero-order valence-electron chi connectivity index (χ0n) is 13.0. The fraction of sp³-hybridized carbons (Fsp3) is 0. The van der Waals surface area contributed by atoms with Gasteiger partial charge in [0.05, 0.1) is 16.3 Å². The number of nitrogens with one attached hydrogen (secondary N) is 3. The first-order chi connectivity index (χ1) is 12.3. The predicted molar refractivity (Wildman–Crippen MR) is 94.3 cm³/mol. The highest BCUT2D eigenvalue weighted by Crippen LogP contribution is 2.22. The summed E-state index contributed by atoms with van der Waals surface area (Å²) >= 11 is 5.76. The lowest BCUT2D eigenvalue weighted by Crippen LogP contribution is -2.21. The van der Waals surface area contributed by atoms with Crippen LogP contribution in [0.3, 0.4) is 0 Å². The first-order valence-electron chi connectivity index (χ1n) is 6.96. The van der Waals surface area contributed by atoms with Crippen molar-refractivity contribution in [3.63, 3.8) is 0 Å². The van der Waals surface area contributed by atoms with Crippen LogP contribution in [0.1, 0.15) is 10.4 Å². The lowest BCUT2D eigenvalue weighted by Gasteiger charge is -2.09. The molecule has 0 atom stereocenters. The third-order valence-corrected chi connectivity index (χ3v) is 3.35. The molecule has 7 nitrogen and oxygen atoms in total. The van der Waals surface area contributed by atoms with E-state index >= 15 is 0 Å².